The summed E-state index contributed by atoms with van der Waals surface area (Å²) < 4.78 is 2.11. The van der Waals surface area contributed by atoms with Gasteiger partial charge in [-0.3, -0.25) is 4.79 Å². The van der Waals surface area contributed by atoms with Gasteiger partial charge in [-0.25, -0.2) is 9.67 Å². The zero-order chi connectivity index (χ0) is 15.9. The molecule has 1 aromatic carbocycles. The Labute approximate surface area is 127 Å². The third-order valence-electron chi connectivity index (χ3n) is 3.45. The van der Waals surface area contributed by atoms with Crippen molar-refractivity contribution in [1.82, 2.24) is 19.5 Å². The van der Waals surface area contributed by atoms with E-state index in [-0.39, 0.29) is 5.95 Å². The van der Waals surface area contributed by atoms with Crippen molar-refractivity contribution in [3.63, 3.8) is 0 Å². The zero-order valence-electron chi connectivity index (χ0n) is 12.8. The number of hydrogen-bond acceptors (Lipinski definition) is 4. The van der Waals surface area contributed by atoms with Gasteiger partial charge >= 0.3 is 0 Å². The number of aromatic nitrogens is 4. The minimum Gasteiger partial charge on any atom is -0.422 e. The summed E-state index contributed by atoms with van der Waals surface area (Å²) >= 11 is 0. The highest BCUT2D eigenvalue weighted by atomic mass is 16.5. The van der Waals surface area contributed by atoms with Gasteiger partial charge in [-0.15, -0.1) is 4.73 Å². The lowest BCUT2D eigenvalue weighted by Crippen LogP contribution is -2.25. The van der Waals surface area contributed by atoms with Crippen molar-refractivity contribution in [1.29, 1.82) is 0 Å². The predicted octanol–water partition coefficient (Wildman–Crippen LogP) is 2.33. The monoisotopic (exact) mass is 298 g/mol. The van der Waals surface area contributed by atoms with E-state index in [1.165, 1.54) is 0 Å². The van der Waals surface area contributed by atoms with Crippen LogP contribution in [0.1, 0.15) is 25.2 Å². The molecule has 1 N–H and O–H groups in total. The van der Waals surface area contributed by atoms with E-state index in [4.69, 9.17) is 0 Å². The van der Waals surface area contributed by atoms with E-state index in [0.29, 0.717) is 21.6 Å². The Balaban J connectivity index is 2.27. The van der Waals surface area contributed by atoms with Gasteiger partial charge in [0.1, 0.15) is 0 Å². The highest BCUT2D eigenvalue weighted by Gasteiger charge is 2.16. The minimum atomic E-state index is -0.496. The first-order valence-electron chi connectivity index (χ1n) is 7.24. The van der Waals surface area contributed by atoms with Crippen molar-refractivity contribution < 1.29 is 5.21 Å². The smallest absolute Gasteiger partial charge is 0.295 e. The molecular formula is C16H18N4O2. The summed E-state index contributed by atoms with van der Waals surface area (Å²) in [6.07, 6.45) is 0.781. The van der Waals surface area contributed by atoms with Crippen LogP contribution in [-0.4, -0.2) is 24.7 Å². The second kappa shape index (κ2) is 5.29. The van der Waals surface area contributed by atoms with Crippen molar-refractivity contribution in [3.05, 3.63) is 52.1 Å². The quantitative estimate of drug-likeness (QED) is 0.753. The Morgan fingerprint density at radius 3 is 2.73 bits per heavy atom. The van der Waals surface area contributed by atoms with E-state index in [1.807, 2.05) is 19.1 Å². The molecular weight excluding hydrogens is 280 g/mol. The molecule has 0 aliphatic heterocycles. The summed E-state index contributed by atoms with van der Waals surface area (Å²) in [5.41, 5.74) is 1.77. The molecule has 114 valence electrons. The molecule has 0 fully saturated rings. The van der Waals surface area contributed by atoms with Crippen molar-refractivity contribution in [2.75, 3.05) is 0 Å². The van der Waals surface area contributed by atoms with E-state index >= 15 is 0 Å². The fraction of sp³-hybridized carbons (Fsp3) is 0.312. The molecule has 6 nitrogen and oxygen atoms in total. The molecule has 0 atom stereocenters. The van der Waals surface area contributed by atoms with E-state index in [1.54, 1.807) is 22.9 Å². The molecule has 22 heavy (non-hydrogen) atoms. The predicted molar refractivity (Wildman–Crippen MR) is 83.6 cm³/mol. The van der Waals surface area contributed by atoms with Gasteiger partial charge in [0.05, 0.1) is 16.6 Å². The Bertz CT molecular complexity index is 893. The van der Waals surface area contributed by atoms with Gasteiger partial charge in [0.25, 0.3) is 11.5 Å². The highest BCUT2D eigenvalue weighted by molar-refractivity contribution is 5.77. The normalized spacial score (nSPS) is 11.5. The fourth-order valence-electron chi connectivity index (χ4n) is 2.54. The first-order valence-corrected chi connectivity index (χ1v) is 7.24. The summed E-state index contributed by atoms with van der Waals surface area (Å²) in [5, 5.41) is 15.0. The van der Waals surface area contributed by atoms with Gasteiger partial charge < -0.3 is 5.21 Å². The third kappa shape index (κ3) is 2.36. The molecule has 6 heteroatoms. The standard InChI is InChI=1S/C16H18N4O2/c1-10(2)8-12-9-11(3)18-19(12)16-17-14-7-5-4-6-13(14)15(21)20(16)22/h4-7,9-10,22H,8H2,1-3H3. The van der Waals surface area contributed by atoms with Gasteiger partial charge in [0, 0.05) is 5.69 Å². The van der Waals surface area contributed by atoms with Gasteiger partial charge in [-0.2, -0.15) is 5.10 Å². The lowest BCUT2D eigenvalue weighted by atomic mass is 10.1. The molecule has 0 bridgehead atoms. The lowest BCUT2D eigenvalue weighted by molar-refractivity contribution is 0.169. The maximum absolute atomic E-state index is 12.3. The van der Waals surface area contributed by atoms with Crippen LogP contribution in [0, 0.1) is 12.8 Å². The highest BCUT2D eigenvalue weighted by Crippen LogP contribution is 2.15. The van der Waals surface area contributed by atoms with Gasteiger partial charge in [-0.05, 0) is 37.5 Å². The molecule has 3 aromatic rings. The number of fused-ring (bicyclic) bond motifs is 1. The number of para-hydroxylation sites is 1. The van der Waals surface area contributed by atoms with Crippen molar-refractivity contribution in [2.45, 2.75) is 27.2 Å². The topological polar surface area (TPSA) is 72.9 Å². The number of benzene rings is 1. The van der Waals surface area contributed by atoms with Crippen molar-refractivity contribution in [2.24, 2.45) is 5.92 Å². The largest absolute Gasteiger partial charge is 0.422 e. The van der Waals surface area contributed by atoms with Crippen LogP contribution in [0.3, 0.4) is 0 Å². The first kappa shape index (κ1) is 14.3. The molecule has 2 aromatic heterocycles. The van der Waals surface area contributed by atoms with Crippen LogP contribution in [0.15, 0.2) is 35.1 Å². The Morgan fingerprint density at radius 1 is 1.27 bits per heavy atom. The zero-order valence-corrected chi connectivity index (χ0v) is 12.8. The van der Waals surface area contributed by atoms with Crippen LogP contribution in [0.5, 0.6) is 0 Å². The van der Waals surface area contributed by atoms with Crippen LogP contribution in [-0.2, 0) is 6.42 Å². The minimum absolute atomic E-state index is 0.118. The van der Waals surface area contributed by atoms with E-state index < -0.39 is 5.56 Å². The number of hydrogen-bond donors (Lipinski definition) is 1. The molecule has 3 rings (SSSR count). The molecule has 0 radical (unpaired) electrons. The molecule has 0 unspecified atom stereocenters. The lowest BCUT2D eigenvalue weighted by Gasteiger charge is -2.11. The van der Waals surface area contributed by atoms with Crippen LogP contribution >= 0.6 is 0 Å². The third-order valence-corrected chi connectivity index (χ3v) is 3.45. The Hall–Kier alpha value is -2.63. The van der Waals surface area contributed by atoms with Crippen LogP contribution < -0.4 is 5.56 Å². The maximum Gasteiger partial charge on any atom is 0.295 e. The molecule has 2 heterocycles. The second-order valence-electron chi connectivity index (χ2n) is 5.83. The molecule has 0 amide bonds. The molecule has 0 aliphatic rings. The molecule has 0 saturated carbocycles. The molecule has 0 spiro atoms. The summed E-state index contributed by atoms with van der Waals surface area (Å²) in [6, 6.07) is 8.89. The fourth-order valence-corrected chi connectivity index (χ4v) is 2.54. The van der Waals surface area contributed by atoms with Crippen LogP contribution in [0.4, 0.5) is 0 Å². The Morgan fingerprint density at radius 2 is 2.00 bits per heavy atom. The number of nitrogens with zero attached hydrogens (tertiary/aromatic N) is 4. The van der Waals surface area contributed by atoms with Gasteiger partial charge in [0.2, 0.25) is 0 Å². The van der Waals surface area contributed by atoms with E-state index in [9.17, 15) is 10.0 Å². The SMILES string of the molecule is Cc1cc(CC(C)C)n(-c2nc3ccccc3c(=O)n2O)n1. The average Bonchev–Trinajstić information content (AvgIpc) is 2.82. The first-order chi connectivity index (χ1) is 10.5. The number of rotatable bonds is 3. The maximum atomic E-state index is 12.3. The van der Waals surface area contributed by atoms with Crippen LogP contribution in [0.2, 0.25) is 0 Å². The molecule has 0 aliphatic carbocycles. The molecule has 0 saturated heterocycles. The summed E-state index contributed by atoms with van der Waals surface area (Å²) in [4.78, 5) is 16.7. The van der Waals surface area contributed by atoms with Crippen molar-refractivity contribution >= 4 is 10.9 Å². The van der Waals surface area contributed by atoms with Gasteiger partial charge in [0.15, 0.2) is 0 Å². The summed E-state index contributed by atoms with van der Waals surface area (Å²) in [5.74, 6) is 0.543. The van der Waals surface area contributed by atoms with E-state index in [2.05, 4.69) is 23.9 Å². The second-order valence-corrected chi connectivity index (χ2v) is 5.83. The summed E-state index contributed by atoms with van der Waals surface area (Å²) in [6.45, 7) is 6.08. The number of aryl methyl sites for hydroxylation is 1. The van der Waals surface area contributed by atoms with Gasteiger partial charge in [-0.1, -0.05) is 26.0 Å². The van der Waals surface area contributed by atoms with Crippen LogP contribution in [0.25, 0.3) is 16.9 Å². The van der Waals surface area contributed by atoms with Crippen molar-refractivity contribution in [3.8, 4) is 5.95 Å². The van der Waals surface area contributed by atoms with E-state index in [0.717, 1.165) is 17.8 Å². The summed E-state index contributed by atoms with van der Waals surface area (Å²) in [7, 11) is 0. The average molecular weight is 298 g/mol. The Kier molecular flexibility index (Phi) is 3.44.